The smallest absolute Gasteiger partial charge is 0.122 e. The lowest BCUT2D eigenvalue weighted by molar-refractivity contribution is 0.0937. The van der Waals surface area contributed by atoms with Crippen LogP contribution in [0.1, 0.15) is 5.82 Å². The molecule has 0 aliphatic rings. The Labute approximate surface area is 83.7 Å². The summed E-state index contributed by atoms with van der Waals surface area (Å²) in [6.45, 7) is 2.62. The molecular formula is C9H17N3O2. The molecule has 5 heteroatoms. The minimum atomic E-state index is 0.0827. The van der Waals surface area contributed by atoms with Crippen LogP contribution in [0.25, 0.3) is 0 Å². The molecule has 0 aliphatic carbocycles. The Hall–Kier alpha value is -0.910. The van der Waals surface area contributed by atoms with Crippen LogP contribution in [0.5, 0.6) is 0 Å². The van der Waals surface area contributed by atoms with Crippen LogP contribution in [0.15, 0.2) is 12.4 Å². The van der Waals surface area contributed by atoms with Crippen molar-refractivity contribution in [3.63, 3.8) is 0 Å². The fourth-order valence-electron chi connectivity index (χ4n) is 1.08. The Morgan fingerprint density at radius 3 is 3.07 bits per heavy atom. The van der Waals surface area contributed by atoms with Crippen molar-refractivity contribution in [2.75, 3.05) is 26.4 Å². The van der Waals surface area contributed by atoms with Gasteiger partial charge in [-0.3, -0.25) is 0 Å². The van der Waals surface area contributed by atoms with E-state index in [4.69, 9.17) is 9.84 Å². The van der Waals surface area contributed by atoms with Gasteiger partial charge in [-0.05, 0) is 0 Å². The third-order valence-electron chi connectivity index (χ3n) is 1.86. The molecule has 0 aliphatic heterocycles. The minimum Gasteiger partial charge on any atom is -0.394 e. The van der Waals surface area contributed by atoms with Crippen molar-refractivity contribution in [3.8, 4) is 0 Å². The zero-order chi connectivity index (χ0) is 10.2. The van der Waals surface area contributed by atoms with Crippen LogP contribution in [0.4, 0.5) is 0 Å². The molecule has 1 aromatic heterocycles. The second-order valence-corrected chi connectivity index (χ2v) is 2.97. The van der Waals surface area contributed by atoms with Gasteiger partial charge in [0.05, 0.1) is 26.4 Å². The molecule has 14 heavy (non-hydrogen) atoms. The number of aliphatic hydroxyl groups is 1. The number of nitrogens with zero attached hydrogens (tertiary/aromatic N) is 2. The number of aromatic nitrogens is 2. The highest BCUT2D eigenvalue weighted by Crippen LogP contribution is 1.92. The minimum absolute atomic E-state index is 0.0827. The van der Waals surface area contributed by atoms with Gasteiger partial charge >= 0.3 is 0 Å². The maximum Gasteiger partial charge on any atom is 0.122 e. The second kappa shape index (κ2) is 6.53. The van der Waals surface area contributed by atoms with Crippen LogP contribution in [0, 0.1) is 0 Å². The van der Waals surface area contributed by atoms with Gasteiger partial charge in [0, 0.05) is 26.0 Å². The number of hydrogen-bond donors (Lipinski definition) is 2. The standard InChI is InChI=1S/C9H17N3O2/c1-12-4-2-11-9(12)8-10-3-6-14-7-5-13/h2,4,10,13H,3,5-8H2,1H3. The van der Waals surface area contributed by atoms with E-state index in [-0.39, 0.29) is 6.61 Å². The molecule has 0 bridgehead atoms. The number of aliphatic hydroxyl groups excluding tert-OH is 1. The molecule has 0 atom stereocenters. The molecule has 0 fully saturated rings. The van der Waals surface area contributed by atoms with Crippen molar-refractivity contribution >= 4 is 0 Å². The highest BCUT2D eigenvalue weighted by molar-refractivity contribution is 4.90. The zero-order valence-corrected chi connectivity index (χ0v) is 8.44. The average molecular weight is 199 g/mol. The van der Waals surface area contributed by atoms with Gasteiger partial charge in [-0.25, -0.2) is 4.98 Å². The SMILES string of the molecule is Cn1ccnc1CNCCOCCO. The zero-order valence-electron chi connectivity index (χ0n) is 8.44. The van der Waals surface area contributed by atoms with E-state index in [0.717, 1.165) is 18.9 Å². The summed E-state index contributed by atoms with van der Waals surface area (Å²) in [5.74, 6) is 1.01. The van der Waals surface area contributed by atoms with E-state index in [1.165, 1.54) is 0 Å². The fraction of sp³-hybridized carbons (Fsp3) is 0.667. The Kier molecular flexibility index (Phi) is 5.21. The van der Waals surface area contributed by atoms with Crippen molar-refractivity contribution in [2.45, 2.75) is 6.54 Å². The Bertz CT molecular complexity index is 250. The van der Waals surface area contributed by atoms with Crippen LogP contribution in [0.3, 0.4) is 0 Å². The molecule has 5 nitrogen and oxygen atoms in total. The summed E-state index contributed by atoms with van der Waals surface area (Å²) < 4.78 is 7.07. The first-order valence-corrected chi connectivity index (χ1v) is 4.70. The second-order valence-electron chi connectivity index (χ2n) is 2.97. The molecule has 1 heterocycles. The highest BCUT2D eigenvalue weighted by atomic mass is 16.5. The Morgan fingerprint density at radius 2 is 2.43 bits per heavy atom. The van der Waals surface area contributed by atoms with E-state index in [1.54, 1.807) is 6.20 Å². The Morgan fingerprint density at radius 1 is 1.57 bits per heavy atom. The lowest BCUT2D eigenvalue weighted by atomic mass is 10.5. The quantitative estimate of drug-likeness (QED) is 0.582. The molecule has 0 spiro atoms. The highest BCUT2D eigenvalue weighted by Gasteiger charge is 1.96. The van der Waals surface area contributed by atoms with Gasteiger partial charge < -0.3 is 19.7 Å². The van der Waals surface area contributed by atoms with Crippen LogP contribution < -0.4 is 5.32 Å². The van der Waals surface area contributed by atoms with E-state index in [0.29, 0.717) is 13.2 Å². The van der Waals surface area contributed by atoms with Crippen molar-refractivity contribution < 1.29 is 9.84 Å². The van der Waals surface area contributed by atoms with Gasteiger partial charge in [0.25, 0.3) is 0 Å². The fourth-order valence-corrected chi connectivity index (χ4v) is 1.08. The van der Waals surface area contributed by atoms with Crippen molar-refractivity contribution in [2.24, 2.45) is 7.05 Å². The topological polar surface area (TPSA) is 59.3 Å². The molecular weight excluding hydrogens is 182 g/mol. The average Bonchev–Trinajstić information content (AvgIpc) is 2.58. The summed E-state index contributed by atoms with van der Waals surface area (Å²) in [7, 11) is 1.96. The van der Waals surface area contributed by atoms with Crippen LogP contribution in [-0.4, -0.2) is 41.0 Å². The Balaban J connectivity index is 2.02. The number of hydrogen-bond acceptors (Lipinski definition) is 4. The van der Waals surface area contributed by atoms with Crippen molar-refractivity contribution in [1.29, 1.82) is 0 Å². The maximum atomic E-state index is 8.45. The molecule has 80 valence electrons. The van der Waals surface area contributed by atoms with Gasteiger partial charge in [-0.2, -0.15) is 0 Å². The number of aryl methyl sites for hydroxylation is 1. The molecule has 0 unspecified atom stereocenters. The number of rotatable bonds is 7. The van der Waals surface area contributed by atoms with E-state index in [1.807, 2.05) is 17.8 Å². The molecule has 0 saturated carbocycles. The first-order valence-electron chi connectivity index (χ1n) is 4.70. The van der Waals surface area contributed by atoms with E-state index < -0.39 is 0 Å². The molecule has 1 aromatic rings. The van der Waals surface area contributed by atoms with Crippen LogP contribution in [0.2, 0.25) is 0 Å². The number of nitrogens with one attached hydrogen (secondary N) is 1. The van der Waals surface area contributed by atoms with Gasteiger partial charge in [0.15, 0.2) is 0 Å². The molecule has 1 rings (SSSR count). The third kappa shape index (κ3) is 3.87. The number of imidazole rings is 1. The lowest BCUT2D eigenvalue weighted by Gasteiger charge is -2.05. The molecule has 0 saturated heterocycles. The predicted octanol–water partition coefficient (Wildman–Crippen LogP) is -0.481. The number of ether oxygens (including phenoxy) is 1. The summed E-state index contributed by atoms with van der Waals surface area (Å²) in [5, 5.41) is 11.6. The van der Waals surface area contributed by atoms with Gasteiger partial charge in [-0.15, -0.1) is 0 Å². The molecule has 2 N–H and O–H groups in total. The van der Waals surface area contributed by atoms with Crippen molar-refractivity contribution in [3.05, 3.63) is 18.2 Å². The molecule has 0 radical (unpaired) electrons. The van der Waals surface area contributed by atoms with Gasteiger partial charge in [-0.1, -0.05) is 0 Å². The third-order valence-corrected chi connectivity index (χ3v) is 1.86. The first kappa shape index (κ1) is 11.2. The normalized spacial score (nSPS) is 10.7. The predicted molar refractivity (Wildman–Crippen MR) is 52.8 cm³/mol. The molecule has 0 amide bonds. The maximum absolute atomic E-state index is 8.45. The van der Waals surface area contributed by atoms with E-state index in [9.17, 15) is 0 Å². The molecule has 0 aromatic carbocycles. The lowest BCUT2D eigenvalue weighted by Crippen LogP contribution is -2.21. The van der Waals surface area contributed by atoms with Crippen molar-refractivity contribution in [1.82, 2.24) is 14.9 Å². The summed E-state index contributed by atoms with van der Waals surface area (Å²) in [4.78, 5) is 4.17. The largest absolute Gasteiger partial charge is 0.394 e. The summed E-state index contributed by atoms with van der Waals surface area (Å²) >= 11 is 0. The monoisotopic (exact) mass is 199 g/mol. The van der Waals surface area contributed by atoms with E-state index >= 15 is 0 Å². The van der Waals surface area contributed by atoms with Crippen LogP contribution >= 0.6 is 0 Å². The summed E-state index contributed by atoms with van der Waals surface area (Å²) in [6.07, 6.45) is 3.69. The summed E-state index contributed by atoms with van der Waals surface area (Å²) in [5.41, 5.74) is 0. The summed E-state index contributed by atoms with van der Waals surface area (Å²) in [6, 6.07) is 0. The van der Waals surface area contributed by atoms with Gasteiger partial charge in [0.2, 0.25) is 0 Å². The van der Waals surface area contributed by atoms with E-state index in [2.05, 4.69) is 10.3 Å². The first-order chi connectivity index (χ1) is 6.84. The van der Waals surface area contributed by atoms with Gasteiger partial charge in [0.1, 0.15) is 5.82 Å². The van der Waals surface area contributed by atoms with Crippen LogP contribution in [-0.2, 0) is 18.3 Å².